The average Bonchev–Trinajstić information content (AvgIpc) is 2.71. The molecular weight excluding hydrogens is 240 g/mol. The number of hydrogen-bond donors (Lipinski definition) is 1. The van der Waals surface area contributed by atoms with Crippen LogP contribution >= 0.6 is 0 Å². The molecular formula is C15H26N2O2. The van der Waals surface area contributed by atoms with Crippen LogP contribution in [0.4, 0.5) is 0 Å². The Balaban J connectivity index is 1.88. The van der Waals surface area contributed by atoms with Gasteiger partial charge >= 0.3 is 0 Å². The van der Waals surface area contributed by atoms with Crippen molar-refractivity contribution in [1.82, 2.24) is 10.2 Å². The van der Waals surface area contributed by atoms with Gasteiger partial charge in [0.1, 0.15) is 5.76 Å². The molecule has 1 unspecified atom stereocenters. The van der Waals surface area contributed by atoms with Crippen molar-refractivity contribution < 1.29 is 9.15 Å². The van der Waals surface area contributed by atoms with Gasteiger partial charge in [0.25, 0.3) is 0 Å². The summed E-state index contributed by atoms with van der Waals surface area (Å²) in [6, 6.07) is 2.08. The van der Waals surface area contributed by atoms with Crippen molar-refractivity contribution in [3.8, 4) is 0 Å². The van der Waals surface area contributed by atoms with Gasteiger partial charge in [0.05, 0.1) is 18.9 Å². The van der Waals surface area contributed by atoms with Crippen molar-refractivity contribution in [3.63, 3.8) is 0 Å². The van der Waals surface area contributed by atoms with Gasteiger partial charge in [0.2, 0.25) is 0 Å². The van der Waals surface area contributed by atoms with Crippen LogP contribution in [0.3, 0.4) is 0 Å². The normalized spacial score (nSPS) is 21.5. The van der Waals surface area contributed by atoms with Crippen LogP contribution < -0.4 is 5.32 Å². The third-order valence-corrected chi connectivity index (χ3v) is 3.48. The van der Waals surface area contributed by atoms with Crippen molar-refractivity contribution in [1.29, 1.82) is 0 Å². The lowest BCUT2D eigenvalue weighted by Gasteiger charge is -2.21. The first-order valence-electron chi connectivity index (χ1n) is 7.39. The molecule has 4 nitrogen and oxygen atoms in total. The van der Waals surface area contributed by atoms with E-state index in [1.165, 1.54) is 5.56 Å². The maximum Gasteiger partial charge on any atom is 0.122 e. The monoisotopic (exact) mass is 266 g/mol. The Morgan fingerprint density at radius 2 is 2.37 bits per heavy atom. The fourth-order valence-corrected chi connectivity index (χ4v) is 2.49. The van der Waals surface area contributed by atoms with E-state index in [1.807, 2.05) is 0 Å². The molecule has 19 heavy (non-hydrogen) atoms. The smallest absolute Gasteiger partial charge is 0.122 e. The van der Waals surface area contributed by atoms with E-state index >= 15 is 0 Å². The molecule has 1 atom stereocenters. The summed E-state index contributed by atoms with van der Waals surface area (Å²) in [7, 11) is 0. The molecule has 4 heteroatoms. The minimum atomic E-state index is 0.319. The summed E-state index contributed by atoms with van der Waals surface area (Å²) < 4.78 is 11.3. The maximum absolute atomic E-state index is 5.68. The van der Waals surface area contributed by atoms with Gasteiger partial charge in [-0.1, -0.05) is 6.92 Å². The molecule has 0 bridgehead atoms. The summed E-state index contributed by atoms with van der Waals surface area (Å²) in [6.07, 6.45) is 4.39. The Hall–Kier alpha value is -0.840. The Bertz CT molecular complexity index is 365. The first-order valence-corrected chi connectivity index (χ1v) is 7.39. The van der Waals surface area contributed by atoms with E-state index in [0.717, 1.165) is 57.9 Å². The van der Waals surface area contributed by atoms with E-state index in [1.54, 1.807) is 6.26 Å². The minimum Gasteiger partial charge on any atom is -0.468 e. The summed E-state index contributed by atoms with van der Waals surface area (Å²) in [5.74, 6) is 1.10. The van der Waals surface area contributed by atoms with Crippen molar-refractivity contribution >= 4 is 0 Å². The lowest BCUT2D eigenvalue weighted by molar-refractivity contribution is 0.0658. The van der Waals surface area contributed by atoms with E-state index in [0.29, 0.717) is 6.10 Å². The summed E-state index contributed by atoms with van der Waals surface area (Å²) in [5, 5.41) is 3.43. The van der Waals surface area contributed by atoms with Gasteiger partial charge in [0.15, 0.2) is 0 Å². The molecule has 0 amide bonds. The number of ether oxygens (including phenoxy) is 1. The third kappa shape index (κ3) is 4.64. The molecule has 2 heterocycles. The molecule has 1 aliphatic rings. The Kier molecular flexibility index (Phi) is 5.89. The molecule has 1 aliphatic heterocycles. The van der Waals surface area contributed by atoms with Gasteiger partial charge in [-0.15, -0.1) is 0 Å². The molecule has 0 aromatic carbocycles. The van der Waals surface area contributed by atoms with Crippen LogP contribution in [0.25, 0.3) is 0 Å². The highest BCUT2D eigenvalue weighted by Crippen LogP contribution is 2.15. The van der Waals surface area contributed by atoms with Gasteiger partial charge in [-0.3, -0.25) is 4.90 Å². The van der Waals surface area contributed by atoms with Gasteiger partial charge in [0, 0.05) is 31.8 Å². The summed E-state index contributed by atoms with van der Waals surface area (Å²) in [6.45, 7) is 10.1. The van der Waals surface area contributed by atoms with Crippen LogP contribution in [0.5, 0.6) is 0 Å². The first-order chi connectivity index (χ1) is 9.29. The second kappa shape index (κ2) is 7.68. The summed E-state index contributed by atoms with van der Waals surface area (Å²) in [5.41, 5.74) is 1.28. The van der Waals surface area contributed by atoms with Crippen LogP contribution in [0.15, 0.2) is 16.7 Å². The van der Waals surface area contributed by atoms with Crippen molar-refractivity contribution in [2.45, 2.75) is 45.9 Å². The highest BCUT2D eigenvalue weighted by Gasteiger charge is 2.17. The van der Waals surface area contributed by atoms with E-state index in [-0.39, 0.29) is 0 Å². The Labute approximate surface area is 116 Å². The molecule has 2 rings (SSSR count). The van der Waals surface area contributed by atoms with Crippen molar-refractivity contribution in [2.24, 2.45) is 0 Å². The van der Waals surface area contributed by atoms with Crippen molar-refractivity contribution in [2.75, 3.05) is 26.2 Å². The van der Waals surface area contributed by atoms with Crippen LogP contribution in [0.1, 0.15) is 38.0 Å². The number of rotatable bonds is 6. The zero-order valence-electron chi connectivity index (χ0n) is 12.2. The third-order valence-electron chi connectivity index (χ3n) is 3.48. The molecule has 108 valence electrons. The van der Waals surface area contributed by atoms with Gasteiger partial charge < -0.3 is 14.5 Å². The zero-order valence-corrected chi connectivity index (χ0v) is 12.2. The van der Waals surface area contributed by atoms with Crippen LogP contribution in [0.2, 0.25) is 0 Å². The number of nitrogens with one attached hydrogen (secondary N) is 1. The molecule has 1 N–H and O–H groups in total. The molecule has 0 aliphatic carbocycles. The quantitative estimate of drug-likeness (QED) is 0.802. The van der Waals surface area contributed by atoms with Crippen LogP contribution in [-0.4, -0.2) is 37.2 Å². The fraction of sp³-hybridized carbons (Fsp3) is 0.733. The molecule has 0 saturated carbocycles. The van der Waals surface area contributed by atoms with E-state index in [9.17, 15) is 0 Å². The molecule has 1 saturated heterocycles. The molecule has 1 aromatic heterocycles. The van der Waals surface area contributed by atoms with E-state index in [2.05, 4.69) is 30.1 Å². The SMILES string of the molecule is CCCNCc1ccoc1CN1CCCOC(C)C1. The number of nitrogens with zero attached hydrogens (tertiary/aromatic N) is 1. The number of hydrogen-bond acceptors (Lipinski definition) is 4. The largest absolute Gasteiger partial charge is 0.468 e. The minimum absolute atomic E-state index is 0.319. The Morgan fingerprint density at radius 3 is 3.21 bits per heavy atom. The topological polar surface area (TPSA) is 37.6 Å². The predicted octanol–water partition coefficient (Wildman–Crippen LogP) is 2.39. The highest BCUT2D eigenvalue weighted by atomic mass is 16.5. The maximum atomic E-state index is 5.68. The molecule has 1 aromatic rings. The summed E-state index contributed by atoms with van der Waals surface area (Å²) in [4.78, 5) is 2.43. The molecule has 1 fully saturated rings. The molecule has 0 spiro atoms. The Morgan fingerprint density at radius 1 is 1.47 bits per heavy atom. The number of furan rings is 1. The summed E-state index contributed by atoms with van der Waals surface area (Å²) >= 11 is 0. The van der Waals surface area contributed by atoms with Gasteiger partial charge in [-0.05, 0) is 32.4 Å². The lowest BCUT2D eigenvalue weighted by Crippen LogP contribution is -2.30. The van der Waals surface area contributed by atoms with Gasteiger partial charge in [-0.2, -0.15) is 0 Å². The predicted molar refractivity (Wildman–Crippen MR) is 76.0 cm³/mol. The van der Waals surface area contributed by atoms with Gasteiger partial charge in [-0.25, -0.2) is 0 Å². The molecule has 0 radical (unpaired) electrons. The highest BCUT2D eigenvalue weighted by molar-refractivity contribution is 5.16. The first kappa shape index (κ1) is 14.6. The lowest BCUT2D eigenvalue weighted by atomic mass is 10.2. The second-order valence-corrected chi connectivity index (χ2v) is 5.32. The van der Waals surface area contributed by atoms with E-state index in [4.69, 9.17) is 9.15 Å². The average molecular weight is 266 g/mol. The van der Waals surface area contributed by atoms with E-state index < -0.39 is 0 Å². The fourth-order valence-electron chi connectivity index (χ4n) is 2.49. The van der Waals surface area contributed by atoms with Crippen LogP contribution in [-0.2, 0) is 17.8 Å². The second-order valence-electron chi connectivity index (χ2n) is 5.32. The standard InChI is InChI=1S/C15H26N2O2/c1-3-6-16-10-14-5-9-19-15(14)12-17-7-4-8-18-13(2)11-17/h5,9,13,16H,3-4,6-8,10-12H2,1-2H3. The van der Waals surface area contributed by atoms with Crippen molar-refractivity contribution in [3.05, 3.63) is 23.7 Å². The zero-order chi connectivity index (χ0) is 13.5. The van der Waals surface area contributed by atoms with Crippen LogP contribution in [0, 0.1) is 0 Å².